The number of rotatable bonds is 2. The third-order valence-corrected chi connectivity index (χ3v) is 4.31. The van der Waals surface area contributed by atoms with Crippen LogP contribution in [-0.2, 0) is 6.42 Å². The van der Waals surface area contributed by atoms with Crippen molar-refractivity contribution in [3.8, 4) is 0 Å². The van der Waals surface area contributed by atoms with Crippen molar-refractivity contribution in [1.29, 1.82) is 0 Å². The van der Waals surface area contributed by atoms with Crippen LogP contribution in [0, 0.1) is 3.57 Å². The molecule has 1 unspecified atom stereocenters. The van der Waals surface area contributed by atoms with Gasteiger partial charge in [-0.1, -0.05) is 12.1 Å². The fourth-order valence-corrected chi connectivity index (χ4v) is 2.83. The number of benzene rings is 1. The zero-order valence-corrected chi connectivity index (χ0v) is 12.5. The summed E-state index contributed by atoms with van der Waals surface area (Å²) < 4.78 is 1.25. The van der Waals surface area contributed by atoms with Gasteiger partial charge in [0.15, 0.2) is 0 Å². The topological polar surface area (TPSA) is 23.5 Å². The van der Waals surface area contributed by atoms with Crippen molar-refractivity contribution in [1.82, 2.24) is 4.90 Å². The van der Waals surface area contributed by atoms with Crippen LogP contribution in [0.1, 0.15) is 24.8 Å². The number of aliphatic hydroxyl groups is 1. The van der Waals surface area contributed by atoms with Gasteiger partial charge >= 0.3 is 0 Å². The molecule has 2 rings (SSSR count). The minimum absolute atomic E-state index is 0.502. The molecule has 1 atom stereocenters. The summed E-state index contributed by atoms with van der Waals surface area (Å²) in [5.41, 5.74) is 0.745. The van der Waals surface area contributed by atoms with E-state index in [2.05, 4.69) is 58.8 Å². The van der Waals surface area contributed by atoms with Gasteiger partial charge in [0.2, 0.25) is 0 Å². The second-order valence-electron chi connectivity index (χ2n) is 5.18. The highest BCUT2D eigenvalue weighted by Gasteiger charge is 2.29. The van der Waals surface area contributed by atoms with Crippen LogP contribution >= 0.6 is 22.6 Å². The monoisotopic (exact) mass is 345 g/mol. The van der Waals surface area contributed by atoms with Gasteiger partial charge in [0.05, 0.1) is 5.60 Å². The normalized spacial score (nSPS) is 26.8. The lowest BCUT2D eigenvalue weighted by Crippen LogP contribution is -2.32. The second-order valence-corrected chi connectivity index (χ2v) is 6.43. The molecule has 1 aliphatic heterocycles. The van der Waals surface area contributed by atoms with Gasteiger partial charge < -0.3 is 10.0 Å². The van der Waals surface area contributed by atoms with E-state index >= 15 is 0 Å². The summed E-state index contributed by atoms with van der Waals surface area (Å²) in [6.07, 6.45) is 3.69. The van der Waals surface area contributed by atoms with Crippen molar-refractivity contribution in [3.63, 3.8) is 0 Å². The largest absolute Gasteiger partial charge is 0.389 e. The fourth-order valence-electron chi connectivity index (χ4n) is 2.47. The number of hydrogen-bond donors (Lipinski definition) is 1. The average Bonchev–Trinajstić information content (AvgIpc) is 2.45. The first-order valence-electron chi connectivity index (χ1n) is 6.23. The Bertz CT molecular complexity index is 365. The zero-order valence-electron chi connectivity index (χ0n) is 10.3. The Morgan fingerprint density at radius 3 is 2.65 bits per heavy atom. The van der Waals surface area contributed by atoms with E-state index in [-0.39, 0.29) is 0 Å². The molecule has 1 aromatic rings. The Kier molecular flexibility index (Phi) is 4.44. The molecule has 0 saturated carbocycles. The van der Waals surface area contributed by atoms with Gasteiger partial charge in [-0.25, -0.2) is 0 Å². The van der Waals surface area contributed by atoms with Crippen LogP contribution in [0.3, 0.4) is 0 Å². The minimum Gasteiger partial charge on any atom is -0.389 e. The summed E-state index contributed by atoms with van der Waals surface area (Å²) in [6.45, 7) is 2.11. The van der Waals surface area contributed by atoms with Crippen molar-refractivity contribution in [2.24, 2.45) is 0 Å². The first-order valence-corrected chi connectivity index (χ1v) is 7.31. The van der Waals surface area contributed by atoms with E-state index < -0.39 is 5.60 Å². The molecule has 1 aromatic carbocycles. The molecule has 1 aliphatic rings. The molecule has 94 valence electrons. The molecule has 0 bridgehead atoms. The van der Waals surface area contributed by atoms with Gasteiger partial charge in [-0.2, -0.15) is 0 Å². The number of hydrogen-bond acceptors (Lipinski definition) is 2. The second kappa shape index (κ2) is 5.67. The van der Waals surface area contributed by atoms with Gasteiger partial charge in [-0.3, -0.25) is 0 Å². The van der Waals surface area contributed by atoms with Gasteiger partial charge in [-0.15, -0.1) is 0 Å². The third kappa shape index (κ3) is 3.93. The lowest BCUT2D eigenvalue weighted by atomic mass is 9.88. The number of nitrogens with zero attached hydrogens (tertiary/aromatic N) is 1. The Labute approximate surface area is 117 Å². The van der Waals surface area contributed by atoms with E-state index in [9.17, 15) is 5.11 Å². The van der Waals surface area contributed by atoms with Crippen LogP contribution in [0.2, 0.25) is 0 Å². The highest BCUT2D eigenvalue weighted by atomic mass is 127. The van der Waals surface area contributed by atoms with Gasteiger partial charge in [0.25, 0.3) is 0 Å². The third-order valence-electron chi connectivity index (χ3n) is 3.59. The molecule has 1 fully saturated rings. The zero-order chi connectivity index (χ0) is 12.3. The van der Waals surface area contributed by atoms with Crippen molar-refractivity contribution < 1.29 is 5.11 Å². The van der Waals surface area contributed by atoms with Crippen molar-refractivity contribution in [3.05, 3.63) is 33.4 Å². The van der Waals surface area contributed by atoms with E-state index in [1.807, 2.05) is 0 Å². The smallest absolute Gasteiger partial charge is 0.0700 e. The van der Waals surface area contributed by atoms with E-state index in [4.69, 9.17) is 0 Å². The van der Waals surface area contributed by atoms with E-state index in [0.717, 1.165) is 38.8 Å². The SMILES string of the molecule is CN1CCCC(O)(Cc2ccc(I)cc2)CC1. The van der Waals surface area contributed by atoms with Crippen LogP contribution in [0.15, 0.2) is 24.3 Å². The molecule has 17 heavy (non-hydrogen) atoms. The van der Waals surface area contributed by atoms with Crippen LogP contribution in [0.5, 0.6) is 0 Å². The summed E-state index contributed by atoms with van der Waals surface area (Å²) in [5, 5.41) is 10.7. The molecule has 0 radical (unpaired) electrons. The van der Waals surface area contributed by atoms with Crippen LogP contribution in [0.25, 0.3) is 0 Å². The minimum atomic E-state index is -0.502. The standard InChI is InChI=1S/C14H20INO/c1-16-9-2-7-14(17,8-10-16)11-12-3-5-13(15)6-4-12/h3-6,17H,2,7-11H2,1H3. The van der Waals surface area contributed by atoms with Gasteiger partial charge in [0.1, 0.15) is 0 Å². The quantitative estimate of drug-likeness (QED) is 0.834. The summed E-state index contributed by atoms with van der Waals surface area (Å²) in [5.74, 6) is 0. The molecule has 1 N–H and O–H groups in total. The summed E-state index contributed by atoms with van der Waals surface area (Å²) in [7, 11) is 2.14. The molecular weight excluding hydrogens is 325 g/mol. The number of likely N-dealkylation sites (tertiary alicyclic amines) is 1. The molecule has 3 heteroatoms. The summed E-state index contributed by atoms with van der Waals surface area (Å²) in [6, 6.07) is 8.49. The van der Waals surface area contributed by atoms with Crippen molar-refractivity contribution in [2.45, 2.75) is 31.3 Å². The molecule has 2 nitrogen and oxygen atoms in total. The molecule has 1 heterocycles. The first kappa shape index (κ1) is 13.3. The lowest BCUT2D eigenvalue weighted by Gasteiger charge is -2.26. The van der Waals surface area contributed by atoms with E-state index in [0.29, 0.717) is 0 Å². The maximum atomic E-state index is 10.7. The summed E-state index contributed by atoms with van der Waals surface area (Å²) in [4.78, 5) is 2.31. The first-order chi connectivity index (χ1) is 8.07. The predicted octanol–water partition coefficient (Wildman–Crippen LogP) is 2.68. The molecular formula is C14H20INO. The van der Waals surface area contributed by atoms with Crippen LogP contribution in [-0.4, -0.2) is 35.7 Å². The molecule has 0 aromatic heterocycles. The summed E-state index contributed by atoms with van der Waals surface area (Å²) >= 11 is 2.31. The van der Waals surface area contributed by atoms with E-state index in [1.54, 1.807) is 0 Å². The Hall–Kier alpha value is -0.130. The Balaban J connectivity index is 2.03. The lowest BCUT2D eigenvalue weighted by molar-refractivity contribution is 0.0263. The predicted molar refractivity (Wildman–Crippen MR) is 79.2 cm³/mol. The van der Waals surface area contributed by atoms with E-state index in [1.165, 1.54) is 9.13 Å². The molecule has 0 spiro atoms. The average molecular weight is 345 g/mol. The van der Waals surface area contributed by atoms with Crippen LogP contribution < -0.4 is 0 Å². The van der Waals surface area contributed by atoms with Crippen LogP contribution in [0.4, 0.5) is 0 Å². The molecule has 1 saturated heterocycles. The van der Waals surface area contributed by atoms with Crippen molar-refractivity contribution >= 4 is 22.6 Å². The Morgan fingerprint density at radius 1 is 1.24 bits per heavy atom. The Morgan fingerprint density at radius 2 is 1.94 bits per heavy atom. The molecule has 0 aliphatic carbocycles. The highest BCUT2D eigenvalue weighted by molar-refractivity contribution is 14.1. The van der Waals surface area contributed by atoms with Gasteiger partial charge in [-0.05, 0) is 73.1 Å². The maximum Gasteiger partial charge on any atom is 0.0700 e. The fraction of sp³-hybridized carbons (Fsp3) is 0.571. The highest BCUT2D eigenvalue weighted by Crippen LogP contribution is 2.26. The van der Waals surface area contributed by atoms with Crippen molar-refractivity contribution in [2.75, 3.05) is 20.1 Å². The molecule has 0 amide bonds. The number of halogens is 1. The maximum absolute atomic E-state index is 10.7. The van der Waals surface area contributed by atoms with Gasteiger partial charge in [0, 0.05) is 16.5 Å².